The van der Waals surface area contributed by atoms with Crippen molar-refractivity contribution in [2.45, 2.75) is 63.7 Å². The van der Waals surface area contributed by atoms with E-state index in [1.165, 1.54) is 25.7 Å². The van der Waals surface area contributed by atoms with Crippen LogP contribution in [0.1, 0.15) is 58.3 Å². The molecule has 0 bridgehead atoms. The van der Waals surface area contributed by atoms with Gasteiger partial charge >= 0.3 is 0 Å². The topological polar surface area (TPSA) is 29.1 Å². The fourth-order valence-electron chi connectivity index (χ4n) is 3.21. The first-order valence-electron chi connectivity index (χ1n) is 7.02. The SMILES string of the molecule is CC1(C(=O)NCC2CCC(Cl)C2)CCCCC1. The lowest BCUT2D eigenvalue weighted by atomic mass is 9.75. The van der Waals surface area contributed by atoms with Crippen LogP contribution < -0.4 is 5.32 Å². The largest absolute Gasteiger partial charge is 0.355 e. The normalized spacial score (nSPS) is 32.4. The molecule has 17 heavy (non-hydrogen) atoms. The van der Waals surface area contributed by atoms with Gasteiger partial charge in [0, 0.05) is 17.3 Å². The molecule has 2 aliphatic carbocycles. The van der Waals surface area contributed by atoms with Crippen molar-refractivity contribution < 1.29 is 4.79 Å². The molecule has 0 saturated heterocycles. The van der Waals surface area contributed by atoms with E-state index in [2.05, 4.69) is 12.2 Å². The van der Waals surface area contributed by atoms with E-state index < -0.39 is 0 Å². The van der Waals surface area contributed by atoms with E-state index in [9.17, 15) is 4.79 Å². The smallest absolute Gasteiger partial charge is 0.225 e. The van der Waals surface area contributed by atoms with Gasteiger partial charge in [-0.25, -0.2) is 0 Å². The van der Waals surface area contributed by atoms with E-state index in [0.29, 0.717) is 11.3 Å². The third-order valence-electron chi connectivity index (χ3n) is 4.53. The second-order valence-corrected chi connectivity index (χ2v) is 6.72. The maximum Gasteiger partial charge on any atom is 0.225 e. The Kier molecular flexibility index (Phi) is 4.35. The number of alkyl halides is 1. The lowest BCUT2D eigenvalue weighted by molar-refractivity contribution is -0.132. The molecule has 0 aliphatic heterocycles. The van der Waals surface area contributed by atoms with Gasteiger partial charge in [0.15, 0.2) is 0 Å². The maximum atomic E-state index is 12.2. The minimum absolute atomic E-state index is 0.1000. The Morgan fingerprint density at radius 2 is 2.00 bits per heavy atom. The molecule has 0 aromatic heterocycles. The van der Waals surface area contributed by atoms with Gasteiger partial charge in [0.1, 0.15) is 0 Å². The number of carbonyl (C=O) groups excluding carboxylic acids is 1. The average Bonchev–Trinajstić information content (AvgIpc) is 2.73. The molecule has 0 spiro atoms. The van der Waals surface area contributed by atoms with Crippen LogP contribution in [0.25, 0.3) is 0 Å². The van der Waals surface area contributed by atoms with Crippen molar-refractivity contribution in [1.29, 1.82) is 0 Å². The number of hydrogen-bond acceptors (Lipinski definition) is 1. The Labute approximate surface area is 109 Å². The molecule has 2 fully saturated rings. The number of hydrogen-bond donors (Lipinski definition) is 1. The molecule has 2 nitrogen and oxygen atoms in total. The summed E-state index contributed by atoms with van der Waals surface area (Å²) in [5, 5.41) is 3.49. The monoisotopic (exact) mass is 257 g/mol. The third-order valence-corrected chi connectivity index (χ3v) is 4.93. The summed E-state index contributed by atoms with van der Waals surface area (Å²) in [4.78, 5) is 12.2. The molecule has 0 aromatic rings. The summed E-state index contributed by atoms with van der Waals surface area (Å²) >= 11 is 6.09. The van der Waals surface area contributed by atoms with Crippen LogP contribution in [0.15, 0.2) is 0 Å². The molecule has 2 saturated carbocycles. The van der Waals surface area contributed by atoms with Crippen molar-refractivity contribution in [1.82, 2.24) is 5.32 Å². The summed E-state index contributed by atoms with van der Waals surface area (Å²) in [6.07, 6.45) is 9.17. The third kappa shape index (κ3) is 3.37. The molecule has 2 aliphatic rings. The van der Waals surface area contributed by atoms with Crippen molar-refractivity contribution >= 4 is 17.5 Å². The highest BCUT2D eigenvalue weighted by Gasteiger charge is 2.34. The molecule has 0 aromatic carbocycles. The summed E-state index contributed by atoms with van der Waals surface area (Å²) < 4.78 is 0. The zero-order chi connectivity index (χ0) is 12.3. The van der Waals surface area contributed by atoms with Crippen LogP contribution in [0, 0.1) is 11.3 Å². The number of halogens is 1. The second kappa shape index (κ2) is 5.60. The fraction of sp³-hybridized carbons (Fsp3) is 0.929. The van der Waals surface area contributed by atoms with Gasteiger partial charge in [-0.2, -0.15) is 0 Å². The molecular formula is C14H24ClNO. The number of amides is 1. The van der Waals surface area contributed by atoms with E-state index in [1.54, 1.807) is 0 Å². The maximum absolute atomic E-state index is 12.2. The lowest BCUT2D eigenvalue weighted by Crippen LogP contribution is -2.41. The molecule has 1 amide bonds. The van der Waals surface area contributed by atoms with Gasteiger partial charge in [-0.05, 0) is 38.0 Å². The van der Waals surface area contributed by atoms with Crippen molar-refractivity contribution in [3.8, 4) is 0 Å². The summed E-state index contributed by atoms with van der Waals surface area (Å²) in [6.45, 7) is 2.96. The van der Waals surface area contributed by atoms with Gasteiger partial charge in [-0.15, -0.1) is 11.6 Å². The van der Waals surface area contributed by atoms with Crippen molar-refractivity contribution in [3.05, 3.63) is 0 Å². The van der Waals surface area contributed by atoms with E-state index in [4.69, 9.17) is 11.6 Å². The van der Waals surface area contributed by atoms with Crippen LogP contribution in [-0.4, -0.2) is 17.8 Å². The van der Waals surface area contributed by atoms with E-state index in [1.807, 2.05) is 0 Å². The van der Waals surface area contributed by atoms with Gasteiger partial charge < -0.3 is 5.32 Å². The minimum atomic E-state index is -0.1000. The van der Waals surface area contributed by atoms with E-state index in [-0.39, 0.29) is 11.3 Å². The first kappa shape index (κ1) is 13.2. The highest BCUT2D eigenvalue weighted by Crippen LogP contribution is 2.36. The zero-order valence-electron chi connectivity index (χ0n) is 10.8. The van der Waals surface area contributed by atoms with E-state index >= 15 is 0 Å². The molecule has 2 unspecified atom stereocenters. The zero-order valence-corrected chi connectivity index (χ0v) is 11.6. The highest BCUT2D eigenvalue weighted by molar-refractivity contribution is 6.20. The summed E-state index contributed by atoms with van der Waals surface area (Å²) in [7, 11) is 0. The van der Waals surface area contributed by atoms with Crippen LogP contribution in [0.4, 0.5) is 0 Å². The standard InChI is InChI=1S/C14H24ClNO/c1-14(7-3-2-4-8-14)13(17)16-10-11-5-6-12(15)9-11/h11-12H,2-10H2,1H3,(H,16,17). The predicted octanol–water partition coefficient (Wildman–Crippen LogP) is 3.48. The van der Waals surface area contributed by atoms with Crippen LogP contribution in [0.5, 0.6) is 0 Å². The Balaban J connectivity index is 1.76. The fourth-order valence-corrected chi connectivity index (χ4v) is 3.59. The van der Waals surface area contributed by atoms with Crippen LogP contribution in [0.2, 0.25) is 0 Å². The molecule has 0 heterocycles. The van der Waals surface area contributed by atoms with Gasteiger partial charge in [-0.3, -0.25) is 4.79 Å². The number of carbonyl (C=O) groups is 1. The summed E-state index contributed by atoms with van der Waals surface area (Å²) in [5.41, 5.74) is -0.1000. The van der Waals surface area contributed by atoms with Gasteiger partial charge in [0.25, 0.3) is 0 Å². The molecule has 2 rings (SSSR count). The Bertz CT molecular complexity index is 273. The predicted molar refractivity (Wildman–Crippen MR) is 71.2 cm³/mol. The average molecular weight is 258 g/mol. The van der Waals surface area contributed by atoms with Gasteiger partial charge in [0.05, 0.1) is 0 Å². The molecule has 0 radical (unpaired) electrons. The lowest BCUT2D eigenvalue weighted by Gasteiger charge is -2.32. The Hall–Kier alpha value is -0.240. The molecule has 98 valence electrons. The summed E-state index contributed by atoms with van der Waals surface area (Å²) in [5.74, 6) is 0.879. The second-order valence-electron chi connectivity index (χ2n) is 6.11. The van der Waals surface area contributed by atoms with Crippen molar-refractivity contribution in [2.75, 3.05) is 6.54 Å². The van der Waals surface area contributed by atoms with E-state index in [0.717, 1.165) is 32.2 Å². The molecule has 3 heteroatoms. The van der Waals surface area contributed by atoms with Crippen molar-refractivity contribution in [3.63, 3.8) is 0 Å². The minimum Gasteiger partial charge on any atom is -0.355 e. The first-order valence-corrected chi connectivity index (χ1v) is 7.46. The number of rotatable bonds is 3. The molecular weight excluding hydrogens is 234 g/mol. The summed E-state index contributed by atoms with van der Waals surface area (Å²) in [6, 6.07) is 0. The van der Waals surface area contributed by atoms with Crippen LogP contribution in [0.3, 0.4) is 0 Å². The Morgan fingerprint density at radius 1 is 1.29 bits per heavy atom. The van der Waals surface area contributed by atoms with Gasteiger partial charge in [-0.1, -0.05) is 26.2 Å². The molecule has 2 atom stereocenters. The molecule has 1 N–H and O–H groups in total. The van der Waals surface area contributed by atoms with Crippen LogP contribution >= 0.6 is 11.6 Å². The Morgan fingerprint density at radius 3 is 2.59 bits per heavy atom. The number of nitrogens with one attached hydrogen (secondary N) is 1. The highest BCUT2D eigenvalue weighted by atomic mass is 35.5. The van der Waals surface area contributed by atoms with Crippen LogP contribution in [-0.2, 0) is 4.79 Å². The van der Waals surface area contributed by atoms with Gasteiger partial charge in [0.2, 0.25) is 5.91 Å². The quantitative estimate of drug-likeness (QED) is 0.771. The first-order chi connectivity index (χ1) is 8.10. The van der Waals surface area contributed by atoms with Crippen molar-refractivity contribution in [2.24, 2.45) is 11.3 Å².